The molecule has 0 aromatic carbocycles. The van der Waals surface area contributed by atoms with Gasteiger partial charge in [-0.2, -0.15) is 0 Å². The molecule has 0 radical (unpaired) electrons. The molecule has 0 aliphatic rings. The summed E-state index contributed by atoms with van der Waals surface area (Å²) < 4.78 is 0. The summed E-state index contributed by atoms with van der Waals surface area (Å²) >= 11 is 0. The number of rotatable bonds is 5. The van der Waals surface area contributed by atoms with Gasteiger partial charge < -0.3 is 10.4 Å². The normalized spacial score (nSPS) is 14.2. The van der Waals surface area contributed by atoms with Crippen molar-refractivity contribution < 1.29 is 10.0 Å². The van der Waals surface area contributed by atoms with Crippen molar-refractivity contribution in [3.8, 4) is 0 Å². The van der Waals surface area contributed by atoms with Crippen molar-refractivity contribution in [3.05, 3.63) is 28.4 Å². The fourth-order valence-electron chi connectivity index (χ4n) is 1.00. The molecule has 0 bridgehead atoms. The third-order valence-electron chi connectivity index (χ3n) is 2.37. The first-order chi connectivity index (χ1) is 7.44. The quantitative estimate of drug-likeness (QED) is 0.586. The van der Waals surface area contributed by atoms with E-state index in [2.05, 4.69) is 10.3 Å². The Hall–Kier alpha value is -1.69. The Morgan fingerprint density at radius 2 is 2.31 bits per heavy atom. The van der Waals surface area contributed by atoms with E-state index in [0.29, 0.717) is 18.8 Å². The van der Waals surface area contributed by atoms with Crippen LogP contribution in [-0.4, -0.2) is 27.2 Å². The summed E-state index contributed by atoms with van der Waals surface area (Å²) in [7, 11) is 0. The molecule has 1 unspecified atom stereocenters. The van der Waals surface area contributed by atoms with E-state index in [1.54, 1.807) is 6.92 Å². The molecule has 88 valence electrons. The molecule has 0 fully saturated rings. The Balaban J connectivity index is 2.59. The van der Waals surface area contributed by atoms with E-state index >= 15 is 0 Å². The summed E-state index contributed by atoms with van der Waals surface area (Å²) in [6.45, 7) is 3.95. The van der Waals surface area contributed by atoms with Crippen molar-refractivity contribution in [1.29, 1.82) is 0 Å². The Morgan fingerprint density at radius 1 is 1.62 bits per heavy atom. The largest absolute Gasteiger partial charge is 0.388 e. The minimum absolute atomic E-state index is 0.0483. The molecule has 0 aliphatic carbocycles. The van der Waals surface area contributed by atoms with Gasteiger partial charge in [0.1, 0.15) is 12.0 Å². The van der Waals surface area contributed by atoms with Gasteiger partial charge in [-0.25, -0.2) is 4.98 Å². The van der Waals surface area contributed by atoms with Crippen LogP contribution in [0.15, 0.2) is 18.3 Å². The molecule has 0 spiro atoms. The summed E-state index contributed by atoms with van der Waals surface area (Å²) in [5.41, 5.74) is -0.850. The SMILES string of the molecule is CCC(C)(O)CNc1ccc([N+](=O)[O-])cn1. The highest BCUT2D eigenvalue weighted by molar-refractivity contribution is 5.40. The number of nitrogens with zero attached hydrogens (tertiary/aromatic N) is 2. The summed E-state index contributed by atoms with van der Waals surface area (Å²) in [6, 6.07) is 2.89. The van der Waals surface area contributed by atoms with Gasteiger partial charge in [0.2, 0.25) is 0 Å². The molecule has 0 saturated carbocycles. The molecule has 1 aromatic rings. The van der Waals surface area contributed by atoms with Crippen LogP contribution in [0.2, 0.25) is 0 Å². The summed E-state index contributed by atoms with van der Waals surface area (Å²) in [4.78, 5) is 13.8. The Bertz CT molecular complexity index is 362. The zero-order valence-electron chi connectivity index (χ0n) is 9.30. The van der Waals surface area contributed by atoms with Crippen molar-refractivity contribution in [2.75, 3.05) is 11.9 Å². The standard InChI is InChI=1S/C10H15N3O3/c1-3-10(2,14)7-12-9-5-4-8(6-11-9)13(15)16/h4-6,14H,3,7H2,1-2H3,(H,11,12). The molecule has 0 aliphatic heterocycles. The lowest BCUT2D eigenvalue weighted by Gasteiger charge is -2.21. The highest BCUT2D eigenvalue weighted by Gasteiger charge is 2.17. The van der Waals surface area contributed by atoms with Gasteiger partial charge in [0.05, 0.1) is 10.5 Å². The first-order valence-corrected chi connectivity index (χ1v) is 5.01. The lowest BCUT2D eigenvalue weighted by atomic mass is 10.0. The van der Waals surface area contributed by atoms with E-state index in [1.165, 1.54) is 18.3 Å². The number of nitro groups is 1. The molecule has 1 aromatic heterocycles. The van der Waals surface area contributed by atoms with E-state index in [1.807, 2.05) is 6.92 Å². The van der Waals surface area contributed by atoms with Crippen molar-refractivity contribution in [1.82, 2.24) is 4.98 Å². The van der Waals surface area contributed by atoms with E-state index in [-0.39, 0.29) is 5.69 Å². The van der Waals surface area contributed by atoms with E-state index in [0.717, 1.165) is 0 Å². The second kappa shape index (κ2) is 4.89. The van der Waals surface area contributed by atoms with Crippen molar-refractivity contribution >= 4 is 11.5 Å². The number of aliphatic hydroxyl groups is 1. The monoisotopic (exact) mass is 225 g/mol. The molecular formula is C10H15N3O3. The number of pyridine rings is 1. The lowest BCUT2D eigenvalue weighted by Crippen LogP contribution is -2.32. The van der Waals surface area contributed by atoms with Gasteiger partial charge >= 0.3 is 0 Å². The van der Waals surface area contributed by atoms with Gasteiger partial charge in [0, 0.05) is 12.6 Å². The Kier molecular flexibility index (Phi) is 3.78. The Labute approximate surface area is 93.5 Å². The Morgan fingerprint density at radius 3 is 2.75 bits per heavy atom. The van der Waals surface area contributed by atoms with Crippen molar-refractivity contribution in [3.63, 3.8) is 0 Å². The predicted molar refractivity (Wildman–Crippen MR) is 60.3 cm³/mol. The van der Waals surface area contributed by atoms with Crippen LogP contribution in [0.5, 0.6) is 0 Å². The van der Waals surface area contributed by atoms with Crippen LogP contribution >= 0.6 is 0 Å². The zero-order chi connectivity index (χ0) is 12.2. The molecule has 6 heteroatoms. The molecule has 1 rings (SSSR count). The van der Waals surface area contributed by atoms with Crippen molar-refractivity contribution in [2.24, 2.45) is 0 Å². The average Bonchev–Trinajstić information content (AvgIpc) is 2.27. The fraction of sp³-hybridized carbons (Fsp3) is 0.500. The maximum atomic E-state index is 10.4. The van der Waals surface area contributed by atoms with E-state index in [9.17, 15) is 15.2 Å². The molecule has 16 heavy (non-hydrogen) atoms. The summed E-state index contributed by atoms with van der Waals surface area (Å²) in [5, 5.41) is 23.0. The highest BCUT2D eigenvalue weighted by Crippen LogP contribution is 2.14. The maximum absolute atomic E-state index is 10.4. The number of hydrogen-bond acceptors (Lipinski definition) is 5. The first-order valence-electron chi connectivity index (χ1n) is 5.01. The van der Waals surface area contributed by atoms with Gasteiger partial charge in [0.15, 0.2) is 0 Å². The van der Waals surface area contributed by atoms with Crippen LogP contribution in [0.4, 0.5) is 11.5 Å². The van der Waals surface area contributed by atoms with E-state index < -0.39 is 10.5 Å². The van der Waals surface area contributed by atoms with Gasteiger partial charge in [-0.05, 0) is 19.4 Å². The topological polar surface area (TPSA) is 88.3 Å². The van der Waals surface area contributed by atoms with Crippen LogP contribution in [0.3, 0.4) is 0 Å². The molecule has 1 atom stereocenters. The molecule has 0 saturated heterocycles. The number of anilines is 1. The minimum Gasteiger partial charge on any atom is -0.388 e. The van der Waals surface area contributed by atoms with Gasteiger partial charge in [0.25, 0.3) is 5.69 Å². The van der Waals surface area contributed by atoms with Crippen LogP contribution < -0.4 is 5.32 Å². The zero-order valence-corrected chi connectivity index (χ0v) is 9.30. The van der Waals surface area contributed by atoms with Gasteiger partial charge in [-0.15, -0.1) is 0 Å². The fourth-order valence-corrected chi connectivity index (χ4v) is 1.00. The molecule has 2 N–H and O–H groups in total. The molecule has 6 nitrogen and oxygen atoms in total. The second-order valence-corrected chi connectivity index (χ2v) is 3.86. The highest BCUT2D eigenvalue weighted by atomic mass is 16.6. The van der Waals surface area contributed by atoms with Gasteiger partial charge in [-0.3, -0.25) is 10.1 Å². The third-order valence-corrected chi connectivity index (χ3v) is 2.37. The van der Waals surface area contributed by atoms with Crippen LogP contribution in [0.1, 0.15) is 20.3 Å². The second-order valence-electron chi connectivity index (χ2n) is 3.86. The number of nitrogens with one attached hydrogen (secondary N) is 1. The third kappa shape index (κ3) is 3.47. The molecule has 0 amide bonds. The minimum atomic E-state index is -0.802. The van der Waals surface area contributed by atoms with Crippen LogP contribution in [0.25, 0.3) is 0 Å². The van der Waals surface area contributed by atoms with Crippen LogP contribution in [-0.2, 0) is 0 Å². The van der Waals surface area contributed by atoms with Crippen molar-refractivity contribution in [2.45, 2.75) is 25.9 Å². The first kappa shape index (κ1) is 12.4. The van der Waals surface area contributed by atoms with Crippen LogP contribution in [0, 0.1) is 10.1 Å². The van der Waals surface area contributed by atoms with E-state index in [4.69, 9.17) is 0 Å². The molecule has 1 heterocycles. The maximum Gasteiger partial charge on any atom is 0.287 e. The smallest absolute Gasteiger partial charge is 0.287 e. The lowest BCUT2D eigenvalue weighted by molar-refractivity contribution is -0.385. The van der Waals surface area contributed by atoms with Gasteiger partial charge in [-0.1, -0.05) is 6.92 Å². The average molecular weight is 225 g/mol. The number of aromatic nitrogens is 1. The predicted octanol–water partition coefficient (Wildman–Crippen LogP) is 1.56. The number of hydrogen-bond donors (Lipinski definition) is 2. The molecular weight excluding hydrogens is 210 g/mol. The summed E-state index contributed by atoms with van der Waals surface area (Å²) in [5.74, 6) is 0.513. The summed E-state index contributed by atoms with van der Waals surface area (Å²) in [6.07, 6.45) is 1.80.